The maximum absolute atomic E-state index is 12.1. The topological polar surface area (TPSA) is 41.9 Å². The molecule has 2 aromatic carbocycles. The van der Waals surface area contributed by atoms with Gasteiger partial charge in [0.05, 0.1) is 0 Å². The fourth-order valence-electron chi connectivity index (χ4n) is 2.65. The van der Waals surface area contributed by atoms with Crippen molar-refractivity contribution in [3.63, 3.8) is 0 Å². The van der Waals surface area contributed by atoms with Crippen LogP contribution in [0.3, 0.4) is 0 Å². The first kappa shape index (κ1) is 17.4. The van der Waals surface area contributed by atoms with Crippen LogP contribution in [0.4, 0.5) is 5.69 Å². The molecule has 0 aliphatic carbocycles. The average molecular weight is 399 g/mol. The number of hydrogen-bond donors (Lipinski definition) is 0. The second kappa shape index (κ2) is 7.66. The molecular weight excluding hydrogens is 380 g/mol. The summed E-state index contributed by atoms with van der Waals surface area (Å²) in [5.74, 6) is -0.0887. The summed E-state index contributed by atoms with van der Waals surface area (Å²) in [7, 11) is 0. The molecule has 0 unspecified atom stereocenters. The maximum atomic E-state index is 12.1. The Balaban J connectivity index is 1.83. The number of aliphatic imine (C=N–C) groups is 1. The van der Waals surface area contributed by atoms with E-state index in [4.69, 9.17) is 4.74 Å². The van der Waals surface area contributed by atoms with Gasteiger partial charge in [-0.25, -0.2) is 9.79 Å². The zero-order valence-corrected chi connectivity index (χ0v) is 15.8. The lowest BCUT2D eigenvalue weighted by Gasteiger charge is -2.20. The molecule has 4 nitrogen and oxygen atoms in total. The van der Waals surface area contributed by atoms with E-state index in [0.29, 0.717) is 11.6 Å². The van der Waals surface area contributed by atoms with Gasteiger partial charge in [-0.15, -0.1) is 0 Å². The van der Waals surface area contributed by atoms with Crippen LogP contribution in [-0.2, 0) is 9.53 Å². The Morgan fingerprint density at radius 1 is 1.04 bits per heavy atom. The van der Waals surface area contributed by atoms with Gasteiger partial charge in [0, 0.05) is 28.8 Å². The lowest BCUT2D eigenvalue weighted by molar-refractivity contribution is -0.129. The van der Waals surface area contributed by atoms with Crippen LogP contribution in [0.5, 0.6) is 0 Å². The first-order valence-corrected chi connectivity index (χ1v) is 9.03. The molecule has 0 bridgehead atoms. The number of carbonyl (C=O) groups excluding carboxylic acids is 1. The third kappa shape index (κ3) is 3.99. The summed E-state index contributed by atoms with van der Waals surface area (Å²) in [6.07, 6.45) is 1.75. The van der Waals surface area contributed by atoms with E-state index in [-0.39, 0.29) is 0 Å². The van der Waals surface area contributed by atoms with E-state index in [1.54, 1.807) is 6.08 Å². The van der Waals surface area contributed by atoms with E-state index in [2.05, 4.69) is 51.8 Å². The van der Waals surface area contributed by atoms with Crippen LogP contribution >= 0.6 is 15.9 Å². The van der Waals surface area contributed by atoms with E-state index >= 15 is 0 Å². The summed E-state index contributed by atoms with van der Waals surface area (Å²) in [5.41, 5.74) is 3.18. The van der Waals surface area contributed by atoms with E-state index < -0.39 is 5.97 Å². The van der Waals surface area contributed by atoms with Crippen molar-refractivity contribution in [2.24, 2.45) is 4.99 Å². The quantitative estimate of drug-likeness (QED) is 0.544. The third-order valence-electron chi connectivity index (χ3n) is 4.04. The standard InChI is InChI=1S/C20H19BrN2O2/c1-3-23(4-2)17-11-5-14(6-12-17)13-18-20(24)25-19(22-18)15-7-9-16(21)10-8-15/h5-13H,3-4H2,1-2H3/b18-13+. The number of nitrogens with zero attached hydrogens (tertiary/aromatic N) is 2. The smallest absolute Gasteiger partial charge is 0.363 e. The average Bonchev–Trinajstić information content (AvgIpc) is 2.99. The second-order valence-corrected chi connectivity index (χ2v) is 6.52. The summed E-state index contributed by atoms with van der Waals surface area (Å²) in [5, 5.41) is 0. The van der Waals surface area contributed by atoms with Crippen LogP contribution in [0.15, 0.2) is 63.7 Å². The van der Waals surface area contributed by atoms with Crippen LogP contribution < -0.4 is 4.90 Å². The number of benzene rings is 2. The number of hydrogen-bond acceptors (Lipinski definition) is 4. The van der Waals surface area contributed by atoms with Crippen LogP contribution in [-0.4, -0.2) is 25.0 Å². The fourth-order valence-corrected chi connectivity index (χ4v) is 2.92. The highest BCUT2D eigenvalue weighted by molar-refractivity contribution is 9.10. The second-order valence-electron chi connectivity index (χ2n) is 5.61. The first-order valence-electron chi connectivity index (χ1n) is 8.24. The first-order chi connectivity index (χ1) is 12.1. The number of carbonyl (C=O) groups is 1. The third-order valence-corrected chi connectivity index (χ3v) is 4.57. The molecule has 0 amide bonds. The monoisotopic (exact) mass is 398 g/mol. The molecule has 0 saturated heterocycles. The van der Waals surface area contributed by atoms with Gasteiger partial charge in [0.25, 0.3) is 0 Å². The van der Waals surface area contributed by atoms with Crippen LogP contribution in [0.25, 0.3) is 6.08 Å². The number of ether oxygens (including phenoxy) is 1. The van der Waals surface area contributed by atoms with Crippen LogP contribution in [0.1, 0.15) is 25.0 Å². The molecule has 1 aliphatic heterocycles. The van der Waals surface area contributed by atoms with Crippen molar-refractivity contribution in [1.82, 2.24) is 0 Å². The van der Waals surface area contributed by atoms with Gasteiger partial charge >= 0.3 is 5.97 Å². The Hall–Kier alpha value is -2.40. The lowest BCUT2D eigenvalue weighted by Crippen LogP contribution is -2.21. The van der Waals surface area contributed by atoms with Gasteiger partial charge in [0.1, 0.15) is 0 Å². The summed E-state index contributed by atoms with van der Waals surface area (Å²) >= 11 is 3.39. The molecule has 0 saturated carbocycles. The fraction of sp³-hybridized carbons (Fsp3) is 0.200. The molecule has 0 atom stereocenters. The SMILES string of the molecule is CCN(CC)c1ccc(/C=C2/N=C(c3ccc(Br)cc3)OC2=O)cc1. The van der Waals surface area contributed by atoms with Crippen molar-refractivity contribution in [2.75, 3.05) is 18.0 Å². The van der Waals surface area contributed by atoms with E-state index in [1.807, 2.05) is 36.4 Å². The predicted molar refractivity (Wildman–Crippen MR) is 105 cm³/mol. The number of anilines is 1. The van der Waals surface area contributed by atoms with Gasteiger partial charge in [0.15, 0.2) is 5.70 Å². The summed E-state index contributed by atoms with van der Waals surface area (Å²) in [6, 6.07) is 15.6. The molecule has 0 fully saturated rings. The van der Waals surface area contributed by atoms with Gasteiger partial charge < -0.3 is 9.64 Å². The van der Waals surface area contributed by atoms with Crippen LogP contribution in [0.2, 0.25) is 0 Å². The molecule has 128 valence electrons. The zero-order chi connectivity index (χ0) is 17.8. The van der Waals surface area contributed by atoms with E-state index in [0.717, 1.165) is 28.7 Å². The molecule has 1 heterocycles. The lowest BCUT2D eigenvalue weighted by atomic mass is 10.1. The molecule has 2 aromatic rings. The van der Waals surface area contributed by atoms with E-state index in [1.165, 1.54) is 5.69 Å². The van der Waals surface area contributed by atoms with E-state index in [9.17, 15) is 4.79 Å². The normalized spacial score (nSPS) is 15.2. The van der Waals surface area contributed by atoms with Crippen molar-refractivity contribution in [3.05, 3.63) is 69.8 Å². The number of rotatable bonds is 5. The van der Waals surface area contributed by atoms with Crippen LogP contribution in [0, 0.1) is 0 Å². The Morgan fingerprint density at radius 3 is 2.28 bits per heavy atom. The van der Waals surface area contributed by atoms with Gasteiger partial charge in [-0.2, -0.15) is 0 Å². The highest BCUT2D eigenvalue weighted by Gasteiger charge is 2.24. The molecule has 25 heavy (non-hydrogen) atoms. The van der Waals surface area contributed by atoms with Gasteiger partial charge in [-0.3, -0.25) is 0 Å². The Labute approximate surface area is 156 Å². The molecular formula is C20H19BrN2O2. The largest absolute Gasteiger partial charge is 0.402 e. The maximum Gasteiger partial charge on any atom is 0.363 e. The van der Waals surface area contributed by atoms with Gasteiger partial charge in [-0.05, 0) is 61.9 Å². The Bertz CT molecular complexity index is 820. The molecule has 3 rings (SSSR count). The van der Waals surface area contributed by atoms with Gasteiger partial charge in [-0.1, -0.05) is 28.1 Å². The summed E-state index contributed by atoms with van der Waals surface area (Å²) in [4.78, 5) is 18.7. The minimum absolute atomic E-state index is 0.313. The number of cyclic esters (lactones) is 1. The summed E-state index contributed by atoms with van der Waals surface area (Å²) in [6.45, 7) is 6.19. The number of halogens is 1. The Morgan fingerprint density at radius 2 is 1.68 bits per heavy atom. The number of esters is 1. The van der Waals surface area contributed by atoms with Gasteiger partial charge in [0.2, 0.25) is 5.90 Å². The van der Waals surface area contributed by atoms with Crippen molar-refractivity contribution in [3.8, 4) is 0 Å². The van der Waals surface area contributed by atoms with Crippen molar-refractivity contribution in [1.29, 1.82) is 0 Å². The van der Waals surface area contributed by atoms with Crippen molar-refractivity contribution >= 4 is 39.6 Å². The zero-order valence-electron chi connectivity index (χ0n) is 14.2. The Kier molecular flexibility index (Phi) is 5.34. The molecule has 5 heteroatoms. The predicted octanol–water partition coefficient (Wildman–Crippen LogP) is 4.64. The summed E-state index contributed by atoms with van der Waals surface area (Å²) < 4.78 is 6.25. The van der Waals surface area contributed by atoms with Crippen molar-refractivity contribution < 1.29 is 9.53 Å². The minimum atomic E-state index is -0.425. The molecule has 0 N–H and O–H groups in total. The van der Waals surface area contributed by atoms with Crippen molar-refractivity contribution in [2.45, 2.75) is 13.8 Å². The minimum Gasteiger partial charge on any atom is -0.402 e. The molecule has 0 radical (unpaired) electrons. The highest BCUT2D eigenvalue weighted by atomic mass is 79.9. The highest BCUT2D eigenvalue weighted by Crippen LogP contribution is 2.22. The molecule has 0 spiro atoms. The molecule has 0 aromatic heterocycles. The molecule has 1 aliphatic rings.